The van der Waals surface area contributed by atoms with Crippen LogP contribution in [0.2, 0.25) is 0 Å². The van der Waals surface area contributed by atoms with Gasteiger partial charge in [-0.2, -0.15) is 0 Å². The lowest BCUT2D eigenvalue weighted by Crippen LogP contribution is -2.06. The van der Waals surface area contributed by atoms with Crippen LogP contribution in [-0.4, -0.2) is 21.0 Å². The van der Waals surface area contributed by atoms with E-state index >= 15 is 0 Å². The van der Waals surface area contributed by atoms with Crippen molar-refractivity contribution in [3.63, 3.8) is 0 Å². The molecule has 3 aromatic rings. The van der Waals surface area contributed by atoms with Crippen molar-refractivity contribution in [3.8, 4) is 5.75 Å². The highest BCUT2D eigenvalue weighted by molar-refractivity contribution is 7.99. The number of carbonyl (C=O) groups is 1. The number of benzene rings is 2. The first-order valence-corrected chi connectivity index (χ1v) is 8.96. The number of nitrogens with zero attached hydrogens (tertiary/aromatic N) is 2. The Kier molecular flexibility index (Phi) is 5.73. The van der Waals surface area contributed by atoms with Crippen LogP contribution in [0.5, 0.6) is 5.75 Å². The van der Waals surface area contributed by atoms with Crippen LogP contribution in [0.1, 0.15) is 5.56 Å². The van der Waals surface area contributed by atoms with Gasteiger partial charge in [-0.1, -0.05) is 24.4 Å². The summed E-state index contributed by atoms with van der Waals surface area (Å²) in [5.41, 5.74) is 2.36. The number of nitrogens with one attached hydrogen (secondary N) is 2. The van der Waals surface area contributed by atoms with Crippen LogP contribution in [0.15, 0.2) is 77.3 Å². The summed E-state index contributed by atoms with van der Waals surface area (Å²) in [6.07, 6.45) is 2.98. The average Bonchev–Trinajstić information content (AvgIpc) is 2.66. The van der Waals surface area contributed by atoms with Crippen LogP contribution < -0.4 is 10.6 Å². The van der Waals surface area contributed by atoms with E-state index in [0.717, 1.165) is 15.5 Å². The molecule has 0 spiro atoms. The summed E-state index contributed by atoms with van der Waals surface area (Å²) in [5, 5.41) is 16.2. The molecule has 0 fully saturated rings. The number of carbonyl (C=O) groups excluding carboxylic acids is 1. The highest BCUT2D eigenvalue weighted by Crippen LogP contribution is 2.30. The van der Waals surface area contributed by atoms with Crippen molar-refractivity contribution in [1.82, 2.24) is 9.97 Å². The van der Waals surface area contributed by atoms with Crippen LogP contribution in [-0.2, 0) is 4.79 Å². The van der Waals surface area contributed by atoms with E-state index in [0.29, 0.717) is 17.3 Å². The topological polar surface area (TPSA) is 87.1 Å². The first kappa shape index (κ1) is 18.5. The van der Waals surface area contributed by atoms with E-state index in [1.54, 1.807) is 24.4 Å². The van der Waals surface area contributed by atoms with Crippen molar-refractivity contribution >= 4 is 35.0 Å². The van der Waals surface area contributed by atoms with Gasteiger partial charge in [-0.25, -0.2) is 9.97 Å². The number of hydrogen-bond donors (Lipinski definition) is 3. The summed E-state index contributed by atoms with van der Waals surface area (Å²) in [5.74, 6) is 0.374. The maximum absolute atomic E-state index is 11.3. The van der Waals surface area contributed by atoms with Crippen molar-refractivity contribution in [1.29, 1.82) is 0 Å². The second kappa shape index (κ2) is 8.37. The van der Waals surface area contributed by atoms with Crippen LogP contribution >= 0.6 is 11.8 Å². The lowest BCUT2D eigenvalue weighted by atomic mass is 10.3. The number of anilines is 3. The first-order valence-electron chi connectivity index (χ1n) is 8.14. The Morgan fingerprint density at radius 3 is 2.67 bits per heavy atom. The predicted molar refractivity (Wildman–Crippen MR) is 108 cm³/mol. The second-order valence-corrected chi connectivity index (χ2v) is 6.74. The summed E-state index contributed by atoms with van der Waals surface area (Å²) in [6, 6.07) is 14.2. The van der Waals surface area contributed by atoms with Crippen molar-refractivity contribution < 1.29 is 9.90 Å². The van der Waals surface area contributed by atoms with E-state index in [1.165, 1.54) is 17.8 Å². The molecule has 0 saturated carbocycles. The fourth-order valence-electron chi connectivity index (χ4n) is 2.21. The van der Waals surface area contributed by atoms with Gasteiger partial charge >= 0.3 is 0 Å². The molecule has 0 unspecified atom stereocenters. The minimum absolute atomic E-state index is 0.172. The molecule has 0 radical (unpaired) electrons. The van der Waals surface area contributed by atoms with Gasteiger partial charge in [0, 0.05) is 34.1 Å². The zero-order valence-electron chi connectivity index (χ0n) is 14.6. The van der Waals surface area contributed by atoms with Crippen molar-refractivity contribution in [3.05, 3.63) is 72.9 Å². The third kappa shape index (κ3) is 5.08. The van der Waals surface area contributed by atoms with Gasteiger partial charge in [0.05, 0.1) is 0 Å². The van der Waals surface area contributed by atoms with Gasteiger partial charge in [0.25, 0.3) is 0 Å². The number of phenols is 1. The number of hydrogen-bond acceptors (Lipinski definition) is 6. The summed E-state index contributed by atoms with van der Waals surface area (Å²) < 4.78 is 0. The van der Waals surface area contributed by atoms with Gasteiger partial charge in [0.1, 0.15) is 10.8 Å². The minimum atomic E-state index is -0.246. The lowest BCUT2D eigenvalue weighted by molar-refractivity contribution is -0.111. The Morgan fingerprint density at radius 2 is 1.96 bits per heavy atom. The highest BCUT2D eigenvalue weighted by Gasteiger charge is 2.07. The maximum Gasteiger partial charge on any atom is 0.247 e. The van der Waals surface area contributed by atoms with Crippen molar-refractivity contribution in [2.45, 2.75) is 16.8 Å². The quantitative estimate of drug-likeness (QED) is 0.432. The normalized spacial score (nSPS) is 10.3. The average molecular weight is 378 g/mol. The molecular formula is C20H18N4O2S. The highest BCUT2D eigenvalue weighted by atomic mass is 32.2. The predicted octanol–water partition coefficient (Wildman–Crippen LogP) is 4.51. The fourth-order valence-corrected chi connectivity index (χ4v) is 3.06. The molecule has 6 nitrogen and oxygen atoms in total. The SMILES string of the molecule is C=CC(=O)Nc1ccc(Sc2nc(Nc3cccc(O)c3)ncc2C)cc1. The Bertz CT molecular complexity index is 974. The fraction of sp³-hybridized carbons (Fsp3) is 0.0500. The Morgan fingerprint density at radius 1 is 1.19 bits per heavy atom. The number of aromatic nitrogens is 2. The second-order valence-electron chi connectivity index (χ2n) is 5.68. The van der Waals surface area contributed by atoms with Gasteiger partial charge in [-0.15, -0.1) is 0 Å². The van der Waals surface area contributed by atoms with E-state index in [9.17, 15) is 9.90 Å². The molecule has 7 heteroatoms. The monoisotopic (exact) mass is 378 g/mol. The van der Waals surface area contributed by atoms with E-state index in [1.807, 2.05) is 37.3 Å². The molecule has 27 heavy (non-hydrogen) atoms. The minimum Gasteiger partial charge on any atom is -0.508 e. The molecular weight excluding hydrogens is 360 g/mol. The van der Waals surface area contributed by atoms with Crippen LogP contribution in [0, 0.1) is 6.92 Å². The summed E-state index contributed by atoms with van der Waals surface area (Å²) in [4.78, 5) is 21.2. The Hall–Kier alpha value is -3.32. The number of phenolic OH excluding ortho intramolecular Hbond substituents is 1. The van der Waals surface area contributed by atoms with Gasteiger partial charge in [0.2, 0.25) is 11.9 Å². The van der Waals surface area contributed by atoms with E-state index in [-0.39, 0.29) is 11.7 Å². The van der Waals surface area contributed by atoms with Gasteiger partial charge in [-0.3, -0.25) is 4.79 Å². The maximum atomic E-state index is 11.3. The Labute approximate surface area is 161 Å². The molecule has 0 aliphatic rings. The molecule has 0 saturated heterocycles. The third-order valence-corrected chi connectivity index (χ3v) is 4.66. The van der Waals surface area contributed by atoms with Crippen LogP contribution in [0.25, 0.3) is 0 Å². The summed E-state index contributed by atoms with van der Waals surface area (Å²) in [7, 11) is 0. The molecule has 1 aromatic heterocycles. The number of amides is 1. The summed E-state index contributed by atoms with van der Waals surface area (Å²) in [6.45, 7) is 5.38. The molecule has 0 atom stereocenters. The van der Waals surface area contributed by atoms with Crippen molar-refractivity contribution in [2.75, 3.05) is 10.6 Å². The molecule has 3 rings (SSSR count). The molecule has 2 aromatic carbocycles. The number of aryl methyl sites for hydroxylation is 1. The molecule has 0 aliphatic carbocycles. The Balaban J connectivity index is 1.74. The van der Waals surface area contributed by atoms with E-state index in [2.05, 4.69) is 27.2 Å². The zero-order valence-corrected chi connectivity index (χ0v) is 15.5. The van der Waals surface area contributed by atoms with Crippen LogP contribution in [0.4, 0.5) is 17.3 Å². The molecule has 0 bridgehead atoms. The molecule has 1 heterocycles. The first-order chi connectivity index (χ1) is 13.0. The summed E-state index contributed by atoms with van der Waals surface area (Å²) >= 11 is 1.50. The molecule has 1 amide bonds. The van der Waals surface area contributed by atoms with Crippen molar-refractivity contribution in [2.24, 2.45) is 0 Å². The smallest absolute Gasteiger partial charge is 0.247 e. The third-order valence-electron chi connectivity index (χ3n) is 3.55. The lowest BCUT2D eigenvalue weighted by Gasteiger charge is -2.09. The molecule has 3 N–H and O–H groups in total. The van der Waals surface area contributed by atoms with Gasteiger partial charge < -0.3 is 15.7 Å². The largest absolute Gasteiger partial charge is 0.508 e. The number of rotatable bonds is 6. The van der Waals surface area contributed by atoms with Crippen LogP contribution in [0.3, 0.4) is 0 Å². The standard InChI is InChI=1S/C20H18N4O2S/c1-3-18(26)22-14-7-9-17(10-8-14)27-19-13(2)12-21-20(24-19)23-15-5-4-6-16(25)11-15/h3-12,25H,1H2,2H3,(H,22,26)(H,21,23,24). The molecule has 136 valence electrons. The van der Waals surface area contributed by atoms with Gasteiger partial charge in [-0.05, 0) is 49.4 Å². The van der Waals surface area contributed by atoms with E-state index in [4.69, 9.17) is 0 Å². The zero-order chi connectivity index (χ0) is 19.2. The number of aromatic hydroxyl groups is 1. The van der Waals surface area contributed by atoms with E-state index < -0.39 is 0 Å². The van der Waals surface area contributed by atoms with Gasteiger partial charge in [0.15, 0.2) is 0 Å². The molecule has 0 aliphatic heterocycles.